The number of fused-ring (bicyclic) bond motifs is 8. The first-order valence-electron chi connectivity index (χ1n) is 20.6. The maximum Gasteiger partial charge on any atom is 0.408 e. The molecule has 330 valence electrons. The van der Waals surface area contributed by atoms with Crippen LogP contribution in [-0.2, 0) is 42.7 Å². The Morgan fingerprint density at radius 3 is 2.20 bits per heavy atom. The number of benzene rings is 2. The second-order valence-corrected chi connectivity index (χ2v) is 18.6. The summed E-state index contributed by atoms with van der Waals surface area (Å²) in [7, 11) is 0. The molecule has 5 aliphatic rings. The Morgan fingerprint density at radius 1 is 0.984 bits per heavy atom. The van der Waals surface area contributed by atoms with Gasteiger partial charge in [0.25, 0.3) is 0 Å². The van der Waals surface area contributed by atoms with Gasteiger partial charge in [-0.25, -0.2) is 14.4 Å². The van der Waals surface area contributed by atoms with Crippen LogP contribution in [0.25, 0.3) is 0 Å². The first-order chi connectivity index (χ1) is 28.6. The molecule has 2 saturated heterocycles. The van der Waals surface area contributed by atoms with E-state index < -0.39 is 119 Å². The van der Waals surface area contributed by atoms with Crippen LogP contribution < -0.4 is 5.32 Å². The summed E-state index contributed by atoms with van der Waals surface area (Å²) in [5.74, 6) is -3.83. The first kappa shape index (κ1) is 44.4. The normalized spacial score (nSPS) is 35.9. The van der Waals surface area contributed by atoms with Crippen LogP contribution in [0.5, 0.6) is 0 Å². The minimum absolute atomic E-state index is 0.0167. The fourth-order valence-electron chi connectivity index (χ4n) is 10.5. The summed E-state index contributed by atoms with van der Waals surface area (Å²) in [5, 5.41) is 40.5. The maximum atomic E-state index is 14.4. The smallest absolute Gasteiger partial charge is 0.408 e. The van der Waals surface area contributed by atoms with Crippen molar-refractivity contribution in [3.8, 4) is 0 Å². The number of carbonyl (C=O) groups is 4. The highest BCUT2D eigenvalue weighted by atomic mass is 16.7. The minimum atomic E-state index is -2.19. The Morgan fingerprint density at radius 2 is 1.62 bits per heavy atom. The third kappa shape index (κ3) is 7.46. The number of aliphatic hydroxyl groups excluding tert-OH is 2. The van der Waals surface area contributed by atoms with Crippen LogP contribution in [0.3, 0.4) is 0 Å². The molecule has 2 bridgehead atoms. The van der Waals surface area contributed by atoms with E-state index in [-0.39, 0.29) is 18.6 Å². The molecule has 2 aromatic rings. The van der Waals surface area contributed by atoms with Gasteiger partial charge in [-0.05, 0) is 62.6 Å². The van der Waals surface area contributed by atoms with Gasteiger partial charge in [-0.3, -0.25) is 4.79 Å². The SMILES string of the molecule is C=CC1O[C@@H]2C3=C(C)[C@@H](OC(=O)[C@H](O)[C@@H](NC(=O)OC(C)(C)C)c4ccccc4)C[C@@](O)([C@@H](OC(=O)c4ccccc4)C4[C@]5(OC(C)=O)COC5C[C@H](O)[C@@]4(C)[C@@H]2O1)C3(C)C. The monoisotopic (exact) mass is 847 g/mol. The second kappa shape index (κ2) is 15.9. The molecule has 7 rings (SSSR count). The Labute approximate surface area is 355 Å². The molecule has 15 heteroatoms. The predicted molar refractivity (Wildman–Crippen MR) is 216 cm³/mol. The van der Waals surface area contributed by atoms with Crippen molar-refractivity contribution in [2.45, 2.75) is 140 Å². The van der Waals surface area contributed by atoms with Crippen LogP contribution in [0.2, 0.25) is 0 Å². The van der Waals surface area contributed by atoms with Crippen molar-refractivity contribution in [3.05, 3.63) is 95.6 Å². The number of hydrogen-bond acceptors (Lipinski definition) is 14. The van der Waals surface area contributed by atoms with Crippen LogP contribution in [0.15, 0.2) is 84.5 Å². The van der Waals surface area contributed by atoms with Crippen LogP contribution in [0, 0.1) is 16.7 Å². The fraction of sp³-hybridized carbons (Fsp3) is 0.565. The minimum Gasteiger partial charge on any atom is -0.456 e. The summed E-state index contributed by atoms with van der Waals surface area (Å²) in [6.45, 7) is 17.0. The average molecular weight is 848 g/mol. The van der Waals surface area contributed by atoms with E-state index in [9.17, 15) is 34.5 Å². The van der Waals surface area contributed by atoms with Crippen molar-refractivity contribution >= 4 is 24.0 Å². The lowest BCUT2D eigenvalue weighted by Crippen LogP contribution is -2.82. The van der Waals surface area contributed by atoms with Crippen LogP contribution in [0.1, 0.15) is 90.2 Å². The van der Waals surface area contributed by atoms with Gasteiger partial charge in [0, 0.05) is 30.6 Å². The summed E-state index contributed by atoms with van der Waals surface area (Å²) in [4.78, 5) is 54.8. The van der Waals surface area contributed by atoms with Gasteiger partial charge in [-0.2, -0.15) is 0 Å². The van der Waals surface area contributed by atoms with Crippen LogP contribution in [-0.4, -0.2) is 112 Å². The van der Waals surface area contributed by atoms with Gasteiger partial charge in [-0.15, -0.1) is 0 Å². The van der Waals surface area contributed by atoms with E-state index in [1.54, 1.807) is 109 Å². The zero-order valence-electron chi connectivity index (χ0n) is 35.8. The molecule has 4 N–H and O–H groups in total. The molecule has 3 aliphatic carbocycles. The van der Waals surface area contributed by atoms with E-state index in [0.717, 1.165) is 0 Å². The molecule has 4 fully saturated rings. The van der Waals surface area contributed by atoms with E-state index in [4.69, 9.17) is 33.2 Å². The molecule has 13 atom stereocenters. The zero-order chi connectivity index (χ0) is 44.4. The molecule has 1 amide bonds. The summed E-state index contributed by atoms with van der Waals surface area (Å²) >= 11 is 0. The molecule has 0 spiro atoms. The number of carbonyl (C=O) groups excluding carboxylic acids is 4. The lowest BCUT2D eigenvalue weighted by molar-refractivity contribution is -0.361. The Hall–Kier alpha value is -4.64. The number of nitrogens with one attached hydrogen (secondary N) is 1. The summed E-state index contributed by atoms with van der Waals surface area (Å²) < 4.78 is 43.7. The van der Waals surface area contributed by atoms with Crippen LogP contribution >= 0.6 is 0 Å². The molecule has 2 saturated carbocycles. The Bertz CT molecular complexity index is 2070. The van der Waals surface area contributed by atoms with Gasteiger partial charge in [-0.1, -0.05) is 75.9 Å². The summed E-state index contributed by atoms with van der Waals surface area (Å²) in [6, 6.07) is 15.2. The molecule has 2 aliphatic heterocycles. The maximum absolute atomic E-state index is 14.4. The van der Waals surface area contributed by atoms with Gasteiger partial charge in [0.15, 0.2) is 18.0 Å². The fourth-order valence-corrected chi connectivity index (χ4v) is 10.5. The molecule has 61 heavy (non-hydrogen) atoms. The number of aliphatic hydroxyl groups is 3. The van der Waals surface area contributed by atoms with Gasteiger partial charge >= 0.3 is 24.0 Å². The molecule has 15 nitrogen and oxygen atoms in total. The lowest BCUT2D eigenvalue weighted by atomic mass is 9.44. The van der Waals surface area contributed by atoms with Crippen molar-refractivity contribution in [1.82, 2.24) is 5.32 Å². The van der Waals surface area contributed by atoms with Crippen molar-refractivity contribution in [2.24, 2.45) is 16.7 Å². The topological polar surface area (TPSA) is 206 Å². The number of ether oxygens (including phenoxy) is 7. The van der Waals surface area contributed by atoms with Crippen LogP contribution in [0.4, 0.5) is 4.79 Å². The van der Waals surface area contributed by atoms with E-state index in [2.05, 4.69) is 11.9 Å². The summed E-state index contributed by atoms with van der Waals surface area (Å²) in [6.07, 6.45) is -9.86. The third-order valence-corrected chi connectivity index (χ3v) is 13.5. The highest BCUT2D eigenvalue weighted by Crippen LogP contribution is 2.66. The van der Waals surface area contributed by atoms with Gasteiger partial charge in [0.1, 0.15) is 35.6 Å². The molecular weight excluding hydrogens is 790 g/mol. The predicted octanol–water partition coefficient (Wildman–Crippen LogP) is 4.63. The molecule has 3 unspecified atom stereocenters. The average Bonchev–Trinajstić information content (AvgIpc) is 3.62. The Balaban J connectivity index is 1.39. The number of hydrogen-bond donors (Lipinski definition) is 4. The molecule has 0 radical (unpaired) electrons. The highest BCUT2D eigenvalue weighted by Gasteiger charge is 2.79. The number of rotatable bonds is 9. The lowest BCUT2D eigenvalue weighted by Gasteiger charge is -2.68. The van der Waals surface area contributed by atoms with E-state index >= 15 is 0 Å². The van der Waals surface area contributed by atoms with Crippen molar-refractivity contribution in [1.29, 1.82) is 0 Å². The van der Waals surface area contributed by atoms with E-state index in [1.807, 2.05) is 0 Å². The van der Waals surface area contributed by atoms with Gasteiger partial charge < -0.3 is 53.8 Å². The highest BCUT2D eigenvalue weighted by molar-refractivity contribution is 5.89. The molecule has 2 aromatic carbocycles. The van der Waals surface area contributed by atoms with Crippen molar-refractivity contribution in [2.75, 3.05) is 6.61 Å². The summed E-state index contributed by atoms with van der Waals surface area (Å²) in [5.41, 5.74) is -6.03. The standard InChI is InChI=1S/C46H57NO14/c1-10-31-57-35-32-24(2)28(56-40(52)34(50)33(26-17-13-11-14-18-26)47-41(53)61-42(4,5)6)22-46(54,43(32,7)8)38(59-39(51)27-19-15-12-16-20-27)36-44(9,37(35)58-31)29(49)21-30-45(36,23-55-30)60-25(3)48/h10-20,28-31,33-38,49-50,54H,1,21-23H2,2-9H3,(H,47,53)/t28-,29-,30?,31?,33-,34+,35+,36?,37+,38-,44+,45-,46+/m0/s1. The van der Waals surface area contributed by atoms with Crippen molar-refractivity contribution < 1.29 is 67.7 Å². The van der Waals surface area contributed by atoms with E-state index in [0.29, 0.717) is 16.7 Å². The first-order valence-corrected chi connectivity index (χ1v) is 20.6. The number of alkyl carbamates (subject to hydrolysis) is 1. The quantitative estimate of drug-likeness (QED) is 0.154. The zero-order valence-corrected chi connectivity index (χ0v) is 35.8. The number of amides is 1. The molecular formula is C46H57NO14. The largest absolute Gasteiger partial charge is 0.456 e. The molecule has 2 heterocycles. The molecule has 0 aromatic heterocycles. The third-order valence-electron chi connectivity index (χ3n) is 13.5. The number of esters is 3. The van der Waals surface area contributed by atoms with Gasteiger partial charge in [0.05, 0.1) is 36.3 Å². The second-order valence-electron chi connectivity index (χ2n) is 18.6. The van der Waals surface area contributed by atoms with Crippen molar-refractivity contribution in [3.63, 3.8) is 0 Å². The van der Waals surface area contributed by atoms with E-state index in [1.165, 1.54) is 13.0 Å². The van der Waals surface area contributed by atoms with Gasteiger partial charge in [0.2, 0.25) is 0 Å². The Kier molecular flexibility index (Phi) is 11.6.